The maximum Gasteiger partial charge on any atom is 0.257 e. The summed E-state index contributed by atoms with van der Waals surface area (Å²) in [7, 11) is -2.77. The molecule has 84 valence electrons. The van der Waals surface area contributed by atoms with Crippen LogP contribution >= 0.6 is 0 Å². The van der Waals surface area contributed by atoms with Crippen molar-refractivity contribution in [2.75, 3.05) is 0 Å². The molecule has 3 nitrogen and oxygen atoms in total. The fourth-order valence-corrected chi connectivity index (χ4v) is 1.74. The summed E-state index contributed by atoms with van der Waals surface area (Å²) >= 11 is 0. The largest absolute Gasteiger partial charge is 0.267 e. The number of hydrogen-bond donors (Lipinski definition) is 1. The third-order valence-corrected chi connectivity index (χ3v) is 2.49. The van der Waals surface area contributed by atoms with Gasteiger partial charge in [-0.25, -0.2) is 8.42 Å². The molecule has 0 aliphatic heterocycles. The Labute approximate surface area is 92.2 Å². The van der Waals surface area contributed by atoms with Crippen LogP contribution in [0.1, 0.15) is 31.9 Å². The molecule has 0 saturated heterocycles. The molecule has 0 bridgehead atoms. The summed E-state index contributed by atoms with van der Waals surface area (Å²) in [6, 6.07) is 7.71. The minimum Gasteiger partial charge on any atom is -0.267 e. The lowest BCUT2D eigenvalue weighted by Crippen LogP contribution is -2.14. The highest BCUT2D eigenvalue weighted by atomic mass is 32.2. The molecule has 0 fully saturated rings. The fourth-order valence-electron chi connectivity index (χ4n) is 1.50. The van der Waals surface area contributed by atoms with Gasteiger partial charge in [0.25, 0.3) is 11.0 Å². The molecule has 0 heterocycles. The van der Waals surface area contributed by atoms with Crippen molar-refractivity contribution in [1.82, 2.24) is 0 Å². The predicted molar refractivity (Wildman–Crippen MR) is 60.2 cm³/mol. The molecule has 0 aliphatic carbocycles. The first kappa shape index (κ1) is 12.2. The van der Waals surface area contributed by atoms with Gasteiger partial charge < -0.3 is 0 Å². The van der Waals surface area contributed by atoms with Gasteiger partial charge in [-0.1, -0.05) is 45.0 Å². The minimum absolute atomic E-state index is 0.00548. The van der Waals surface area contributed by atoms with Gasteiger partial charge in [-0.15, -0.1) is 0 Å². The third kappa shape index (κ3) is 3.64. The van der Waals surface area contributed by atoms with Gasteiger partial charge in [0.15, 0.2) is 0 Å². The first-order chi connectivity index (χ1) is 6.91. The summed E-state index contributed by atoms with van der Waals surface area (Å²) in [5.74, 6) is 0. The molecule has 1 aromatic rings. The summed E-state index contributed by atoms with van der Waals surface area (Å²) < 4.78 is 25.3. The summed E-state index contributed by atoms with van der Waals surface area (Å²) in [6.45, 7) is 6.38. The number of benzene rings is 1. The van der Waals surface area contributed by atoms with E-state index in [1.165, 1.54) is 0 Å². The lowest BCUT2D eigenvalue weighted by atomic mass is 9.84. The Morgan fingerprint density at radius 3 is 2.33 bits per heavy atom. The Kier molecular flexibility index (Phi) is 3.88. The van der Waals surface area contributed by atoms with E-state index in [2.05, 4.69) is 25.0 Å². The zero-order valence-corrected chi connectivity index (χ0v) is 10.1. The molecule has 0 saturated carbocycles. The van der Waals surface area contributed by atoms with Gasteiger partial charge in [0.1, 0.15) is 0 Å². The van der Waals surface area contributed by atoms with Crippen LogP contribution < -0.4 is 0 Å². The van der Waals surface area contributed by atoms with Crippen molar-refractivity contribution in [3.05, 3.63) is 35.4 Å². The van der Waals surface area contributed by atoms with Gasteiger partial charge in [0, 0.05) is 0 Å². The molecule has 0 atom stereocenters. The second kappa shape index (κ2) is 4.77. The van der Waals surface area contributed by atoms with Crippen molar-refractivity contribution >= 4 is 11.0 Å². The third-order valence-electron chi connectivity index (χ3n) is 2.15. The molecule has 0 N–H and O–H groups in total. The smallest absolute Gasteiger partial charge is 0.257 e. The predicted octanol–water partition coefficient (Wildman–Crippen LogP) is 2.03. The van der Waals surface area contributed by atoms with Crippen LogP contribution in [0, 0.1) is 0 Å². The highest BCUT2D eigenvalue weighted by Gasteiger charge is 2.17. The van der Waals surface area contributed by atoms with Crippen LogP contribution in [-0.4, -0.2) is 8.42 Å². The first-order valence-corrected chi connectivity index (χ1v) is 5.86. The van der Waals surface area contributed by atoms with Crippen LogP contribution in [-0.2, 0) is 27.2 Å². The Hall–Kier alpha value is -0.870. The van der Waals surface area contributed by atoms with E-state index in [1.54, 1.807) is 0 Å². The van der Waals surface area contributed by atoms with E-state index >= 15 is 0 Å². The Morgan fingerprint density at radius 2 is 1.80 bits per heavy atom. The fraction of sp³-hybridized carbons (Fsp3) is 0.455. The lowest BCUT2D eigenvalue weighted by Gasteiger charge is -2.22. The van der Waals surface area contributed by atoms with Crippen LogP contribution in [0.3, 0.4) is 0 Å². The van der Waals surface area contributed by atoms with Gasteiger partial charge in [-0.2, -0.15) is 0 Å². The zero-order valence-electron chi connectivity index (χ0n) is 9.19. The Balaban J connectivity index is 2.96. The van der Waals surface area contributed by atoms with Crippen LogP contribution in [0.25, 0.3) is 0 Å². The number of rotatable bonds is 3. The van der Waals surface area contributed by atoms with Crippen molar-refractivity contribution in [3.63, 3.8) is 0 Å². The quantitative estimate of drug-likeness (QED) is 0.805. The molecular weight excluding hydrogens is 212 g/mol. The van der Waals surface area contributed by atoms with Gasteiger partial charge in [-0.05, 0) is 16.5 Å². The molecule has 0 spiro atoms. The van der Waals surface area contributed by atoms with E-state index in [4.69, 9.17) is 0 Å². The van der Waals surface area contributed by atoms with Crippen molar-refractivity contribution in [2.24, 2.45) is 0 Å². The molecule has 0 unspecified atom stereocenters. The van der Waals surface area contributed by atoms with Crippen LogP contribution in [0.15, 0.2) is 24.3 Å². The normalized spacial score (nSPS) is 12.0. The topological polar surface area (TPSA) is 43.4 Å². The molecule has 0 radical (unpaired) electrons. The molecule has 4 heteroatoms. The lowest BCUT2D eigenvalue weighted by molar-refractivity contribution is 0.319. The van der Waals surface area contributed by atoms with E-state index in [0.717, 1.165) is 11.1 Å². The van der Waals surface area contributed by atoms with Crippen LogP contribution in [0.2, 0.25) is 0 Å². The van der Waals surface area contributed by atoms with E-state index in [1.807, 2.05) is 24.3 Å². The van der Waals surface area contributed by atoms with Gasteiger partial charge in [-0.3, -0.25) is 4.18 Å². The number of hydrogen-bond acceptors (Lipinski definition) is 3. The van der Waals surface area contributed by atoms with E-state index in [-0.39, 0.29) is 12.0 Å². The highest BCUT2D eigenvalue weighted by Crippen LogP contribution is 2.26. The summed E-state index contributed by atoms with van der Waals surface area (Å²) in [5.41, 5.74) is 2.03. The van der Waals surface area contributed by atoms with Gasteiger partial charge in [0.2, 0.25) is 0 Å². The monoisotopic (exact) mass is 228 g/mol. The zero-order chi connectivity index (χ0) is 11.5. The number of thiol groups is 1. The van der Waals surface area contributed by atoms with E-state index in [0.29, 0.717) is 0 Å². The highest BCUT2D eigenvalue weighted by molar-refractivity contribution is 7.67. The molecule has 1 rings (SSSR count). The molecule has 1 aromatic carbocycles. The maximum atomic E-state index is 10.3. The summed E-state index contributed by atoms with van der Waals surface area (Å²) in [4.78, 5) is 0. The van der Waals surface area contributed by atoms with Crippen LogP contribution in [0.4, 0.5) is 0 Å². The second-order valence-electron chi connectivity index (χ2n) is 4.40. The molecule has 0 amide bonds. The SMILES string of the molecule is CC(C)(C)c1ccccc1CO[SH](=O)=O. The van der Waals surface area contributed by atoms with E-state index in [9.17, 15) is 8.42 Å². The average Bonchev–Trinajstić information content (AvgIpc) is 2.13. The maximum absolute atomic E-state index is 10.3. The first-order valence-electron chi connectivity index (χ1n) is 4.77. The van der Waals surface area contributed by atoms with Crippen molar-refractivity contribution in [1.29, 1.82) is 0 Å². The molecule has 15 heavy (non-hydrogen) atoms. The molecular formula is C11H16O3S. The van der Waals surface area contributed by atoms with E-state index < -0.39 is 11.0 Å². The second-order valence-corrected chi connectivity index (χ2v) is 5.11. The standard InChI is InChI=1S/C11H16O3S/c1-11(2,3)10-7-5-4-6-9(10)8-14-15(12)13/h4-7,15H,8H2,1-3H3. The summed E-state index contributed by atoms with van der Waals surface area (Å²) in [6.07, 6.45) is 0. The average molecular weight is 228 g/mol. The Bertz CT molecular complexity index is 395. The van der Waals surface area contributed by atoms with Crippen molar-refractivity contribution in [3.8, 4) is 0 Å². The van der Waals surface area contributed by atoms with Crippen molar-refractivity contribution in [2.45, 2.75) is 32.8 Å². The molecule has 0 aromatic heterocycles. The van der Waals surface area contributed by atoms with Gasteiger partial charge in [0.05, 0.1) is 6.61 Å². The van der Waals surface area contributed by atoms with Crippen molar-refractivity contribution < 1.29 is 12.6 Å². The summed E-state index contributed by atoms with van der Waals surface area (Å²) in [5, 5.41) is 0. The Morgan fingerprint density at radius 1 is 1.20 bits per heavy atom. The minimum atomic E-state index is -2.77. The molecule has 0 aliphatic rings. The van der Waals surface area contributed by atoms with Gasteiger partial charge >= 0.3 is 0 Å². The van der Waals surface area contributed by atoms with Crippen LogP contribution in [0.5, 0.6) is 0 Å².